The van der Waals surface area contributed by atoms with E-state index >= 15 is 0 Å². The highest BCUT2D eigenvalue weighted by Gasteiger charge is 2.17. The molecule has 0 fully saturated rings. The van der Waals surface area contributed by atoms with Crippen molar-refractivity contribution in [2.45, 2.75) is 13.8 Å². The third-order valence-corrected chi connectivity index (χ3v) is 4.27. The van der Waals surface area contributed by atoms with E-state index in [-0.39, 0.29) is 11.4 Å². The Hall–Kier alpha value is -3.61. The number of aryl methyl sites for hydroxylation is 1. The van der Waals surface area contributed by atoms with Gasteiger partial charge in [0.05, 0.1) is 0 Å². The van der Waals surface area contributed by atoms with E-state index < -0.39 is 29.1 Å². The fraction of sp³-hybridized carbons (Fsp3) is 0.0952. The minimum atomic E-state index is -0.905. The van der Waals surface area contributed by atoms with Crippen molar-refractivity contribution in [1.82, 2.24) is 4.98 Å². The van der Waals surface area contributed by atoms with Crippen LogP contribution in [0.15, 0.2) is 54.6 Å². The molecule has 2 aromatic carbocycles. The first-order chi connectivity index (χ1) is 13.4. The van der Waals surface area contributed by atoms with Crippen LogP contribution in [0.1, 0.15) is 32.1 Å². The van der Waals surface area contributed by atoms with Crippen molar-refractivity contribution in [3.63, 3.8) is 0 Å². The number of nitrogens with zero attached hydrogens (tertiary/aromatic N) is 1. The van der Waals surface area contributed by atoms with Crippen LogP contribution in [-0.2, 0) is 0 Å². The Labute approximate surface area is 160 Å². The van der Waals surface area contributed by atoms with Gasteiger partial charge in [0.2, 0.25) is 0 Å². The summed E-state index contributed by atoms with van der Waals surface area (Å²) < 4.78 is 27.4. The topological polar surface area (TPSA) is 71.1 Å². The fourth-order valence-corrected chi connectivity index (χ4v) is 2.56. The minimum Gasteiger partial charge on any atom is -0.320 e. The lowest BCUT2D eigenvalue weighted by Gasteiger charge is -2.11. The van der Waals surface area contributed by atoms with Crippen molar-refractivity contribution in [3.8, 4) is 0 Å². The Morgan fingerprint density at radius 1 is 0.786 bits per heavy atom. The van der Waals surface area contributed by atoms with Crippen LogP contribution < -0.4 is 10.6 Å². The molecule has 0 aliphatic rings. The largest absolute Gasteiger partial charge is 0.320 e. The van der Waals surface area contributed by atoms with Gasteiger partial charge in [0.15, 0.2) is 0 Å². The number of pyridine rings is 1. The molecule has 2 amide bonds. The average Bonchev–Trinajstić information content (AvgIpc) is 2.68. The molecule has 3 rings (SSSR count). The predicted molar refractivity (Wildman–Crippen MR) is 102 cm³/mol. The molecule has 0 aliphatic carbocycles. The van der Waals surface area contributed by atoms with Crippen LogP contribution in [0.2, 0.25) is 0 Å². The number of benzene rings is 2. The number of amides is 2. The van der Waals surface area contributed by atoms with E-state index in [1.807, 2.05) is 26.0 Å². The van der Waals surface area contributed by atoms with Crippen molar-refractivity contribution in [3.05, 3.63) is 88.7 Å². The fourth-order valence-electron chi connectivity index (χ4n) is 2.56. The van der Waals surface area contributed by atoms with E-state index in [4.69, 9.17) is 0 Å². The summed E-state index contributed by atoms with van der Waals surface area (Å²) in [4.78, 5) is 28.8. The number of nitrogens with one attached hydrogen (secondary N) is 2. The highest BCUT2D eigenvalue weighted by Crippen LogP contribution is 2.20. The summed E-state index contributed by atoms with van der Waals surface area (Å²) in [6.45, 7) is 3.81. The van der Waals surface area contributed by atoms with Crippen molar-refractivity contribution >= 4 is 23.2 Å². The summed E-state index contributed by atoms with van der Waals surface area (Å²) in [5.74, 6) is -3.14. The highest BCUT2D eigenvalue weighted by molar-refractivity contribution is 6.06. The van der Waals surface area contributed by atoms with Crippen LogP contribution in [0, 0.1) is 25.5 Å². The molecule has 7 heteroatoms. The molecule has 0 atom stereocenters. The summed E-state index contributed by atoms with van der Waals surface area (Å²) in [5.41, 5.74) is 1.86. The zero-order valence-corrected chi connectivity index (χ0v) is 15.2. The first-order valence-electron chi connectivity index (χ1n) is 8.47. The maximum atomic E-state index is 13.7. The van der Waals surface area contributed by atoms with E-state index in [1.54, 1.807) is 6.07 Å². The molecular weight excluding hydrogens is 364 g/mol. The van der Waals surface area contributed by atoms with Gasteiger partial charge in [0.1, 0.15) is 28.7 Å². The molecule has 0 bridgehead atoms. The van der Waals surface area contributed by atoms with Gasteiger partial charge in [-0.2, -0.15) is 0 Å². The number of rotatable bonds is 4. The van der Waals surface area contributed by atoms with Crippen LogP contribution in [0.25, 0.3) is 0 Å². The minimum absolute atomic E-state index is 0.00237. The smallest absolute Gasteiger partial charge is 0.274 e. The normalized spacial score (nSPS) is 10.4. The molecular formula is C21H17F2N3O2. The van der Waals surface area contributed by atoms with Gasteiger partial charge in [-0.3, -0.25) is 9.59 Å². The Bertz CT molecular complexity index is 1050. The summed E-state index contributed by atoms with van der Waals surface area (Å²) in [5, 5.41) is 4.89. The first kappa shape index (κ1) is 19.2. The van der Waals surface area contributed by atoms with Gasteiger partial charge in [-0.1, -0.05) is 24.3 Å². The molecule has 0 radical (unpaired) electrons. The summed E-state index contributed by atoms with van der Waals surface area (Å²) >= 11 is 0. The number of carbonyl (C=O) groups is 2. The van der Waals surface area contributed by atoms with E-state index in [0.29, 0.717) is 5.69 Å². The summed E-state index contributed by atoms with van der Waals surface area (Å²) in [6.07, 6.45) is 0. The number of hydrogen-bond acceptors (Lipinski definition) is 3. The molecule has 0 saturated heterocycles. The highest BCUT2D eigenvalue weighted by atomic mass is 19.1. The second-order valence-electron chi connectivity index (χ2n) is 6.16. The predicted octanol–water partition coefficient (Wildman–Crippen LogP) is 4.48. The molecule has 1 heterocycles. The lowest BCUT2D eigenvalue weighted by atomic mass is 10.1. The van der Waals surface area contributed by atoms with Crippen LogP contribution in [0.4, 0.5) is 20.2 Å². The third-order valence-electron chi connectivity index (χ3n) is 4.27. The number of anilines is 2. The van der Waals surface area contributed by atoms with Gasteiger partial charge in [0, 0.05) is 5.69 Å². The van der Waals surface area contributed by atoms with Crippen molar-refractivity contribution in [2.24, 2.45) is 0 Å². The van der Waals surface area contributed by atoms with E-state index in [1.165, 1.54) is 24.3 Å². The zero-order chi connectivity index (χ0) is 20.3. The summed E-state index contributed by atoms with van der Waals surface area (Å²) in [7, 11) is 0. The maximum absolute atomic E-state index is 13.7. The summed E-state index contributed by atoms with van der Waals surface area (Å²) in [6, 6.07) is 13.0. The lowest BCUT2D eigenvalue weighted by Crippen LogP contribution is -2.19. The average molecular weight is 381 g/mol. The van der Waals surface area contributed by atoms with Gasteiger partial charge in [-0.15, -0.1) is 0 Å². The molecule has 142 valence electrons. The number of aromatic nitrogens is 1. The second kappa shape index (κ2) is 7.96. The maximum Gasteiger partial charge on any atom is 0.274 e. The number of para-hydroxylation sites is 1. The Kier molecular flexibility index (Phi) is 5.44. The molecule has 28 heavy (non-hydrogen) atoms. The molecule has 1 aromatic heterocycles. The molecule has 0 aliphatic heterocycles. The Morgan fingerprint density at radius 2 is 1.32 bits per heavy atom. The third kappa shape index (κ3) is 4.03. The quantitative estimate of drug-likeness (QED) is 0.700. The van der Waals surface area contributed by atoms with Crippen LogP contribution in [0.5, 0.6) is 0 Å². The van der Waals surface area contributed by atoms with Gasteiger partial charge in [0.25, 0.3) is 11.8 Å². The second-order valence-corrected chi connectivity index (χ2v) is 6.16. The monoisotopic (exact) mass is 381 g/mol. The zero-order valence-electron chi connectivity index (χ0n) is 15.2. The molecule has 0 saturated carbocycles. The van der Waals surface area contributed by atoms with Crippen molar-refractivity contribution in [2.75, 3.05) is 10.6 Å². The Morgan fingerprint density at radius 3 is 1.96 bits per heavy atom. The van der Waals surface area contributed by atoms with E-state index in [2.05, 4.69) is 15.6 Å². The molecule has 0 spiro atoms. The van der Waals surface area contributed by atoms with Gasteiger partial charge >= 0.3 is 0 Å². The standard InChI is InChI=1S/C21H17F2N3O2/c1-12-6-3-9-16(13(12)2)25-20(27)17-10-5-11-18(24-17)21(28)26-19-14(22)7-4-8-15(19)23/h3-11H,1-2H3,(H,25,27)(H,26,28). The van der Waals surface area contributed by atoms with Crippen molar-refractivity contribution in [1.29, 1.82) is 0 Å². The molecule has 2 N–H and O–H groups in total. The van der Waals surface area contributed by atoms with Crippen molar-refractivity contribution < 1.29 is 18.4 Å². The molecule has 5 nitrogen and oxygen atoms in total. The van der Waals surface area contributed by atoms with Crippen LogP contribution >= 0.6 is 0 Å². The van der Waals surface area contributed by atoms with E-state index in [0.717, 1.165) is 23.3 Å². The van der Waals surface area contributed by atoms with Crippen LogP contribution in [0.3, 0.4) is 0 Å². The SMILES string of the molecule is Cc1cccc(NC(=O)c2cccc(C(=O)Nc3c(F)cccc3F)n2)c1C. The number of hydrogen-bond donors (Lipinski definition) is 2. The molecule has 0 unspecified atom stereocenters. The van der Waals surface area contributed by atoms with Crippen LogP contribution in [-0.4, -0.2) is 16.8 Å². The van der Waals surface area contributed by atoms with Gasteiger partial charge in [-0.05, 0) is 55.3 Å². The number of carbonyl (C=O) groups excluding carboxylic acids is 2. The van der Waals surface area contributed by atoms with Gasteiger partial charge in [-0.25, -0.2) is 13.8 Å². The molecule has 3 aromatic rings. The number of halogens is 2. The Balaban J connectivity index is 1.81. The first-order valence-corrected chi connectivity index (χ1v) is 8.47. The lowest BCUT2D eigenvalue weighted by molar-refractivity contribution is 0.101. The van der Waals surface area contributed by atoms with E-state index in [9.17, 15) is 18.4 Å². The van der Waals surface area contributed by atoms with Gasteiger partial charge < -0.3 is 10.6 Å².